The lowest BCUT2D eigenvalue weighted by Gasteiger charge is -2.33. The highest BCUT2D eigenvalue weighted by atomic mass is 19.1. The molecule has 8 heteroatoms. The number of carbonyl (C=O) groups is 3. The number of anilines is 1. The summed E-state index contributed by atoms with van der Waals surface area (Å²) in [4.78, 5) is 38.6. The molecule has 0 unspecified atom stereocenters. The predicted molar refractivity (Wildman–Crippen MR) is 121 cm³/mol. The van der Waals surface area contributed by atoms with Gasteiger partial charge in [-0.15, -0.1) is 0 Å². The molecule has 1 atom stereocenters. The fourth-order valence-corrected chi connectivity index (χ4v) is 3.71. The van der Waals surface area contributed by atoms with Crippen molar-refractivity contribution >= 4 is 23.5 Å². The highest BCUT2D eigenvalue weighted by Crippen LogP contribution is 2.15. The number of hydrogen-bond donors (Lipinski definition) is 3. The van der Waals surface area contributed by atoms with E-state index < -0.39 is 11.9 Å². The molecule has 0 aromatic heterocycles. The molecule has 4 amide bonds. The Morgan fingerprint density at radius 3 is 2.34 bits per heavy atom. The summed E-state index contributed by atoms with van der Waals surface area (Å²) in [7, 11) is 0. The smallest absolute Gasteiger partial charge is 0.321 e. The van der Waals surface area contributed by atoms with E-state index in [2.05, 4.69) is 16.0 Å². The number of hydrogen-bond acceptors (Lipinski definition) is 3. The van der Waals surface area contributed by atoms with Gasteiger partial charge >= 0.3 is 6.03 Å². The molecule has 0 radical (unpaired) electrons. The number of benzene rings is 2. The molecular formula is C24H29FN4O3. The molecule has 0 bridgehead atoms. The summed E-state index contributed by atoms with van der Waals surface area (Å²) in [5, 5.41) is 8.44. The maximum atomic E-state index is 14.0. The van der Waals surface area contributed by atoms with E-state index in [1.54, 1.807) is 23.1 Å². The van der Waals surface area contributed by atoms with E-state index in [1.165, 1.54) is 13.0 Å². The van der Waals surface area contributed by atoms with Gasteiger partial charge in [-0.25, -0.2) is 9.18 Å². The average Bonchev–Trinajstić information content (AvgIpc) is 2.76. The number of urea groups is 1. The Balaban J connectivity index is 1.52. The summed E-state index contributed by atoms with van der Waals surface area (Å²) < 4.78 is 14.0. The standard InChI is InChI=1S/C24H29FN4O3/c1-16-7-9-19(10-8-16)28-24(32)29-13-11-20(12-14-29)27-23(31)22(26-17(2)30)15-18-5-3-4-6-21(18)25/h3-10,20,22H,11-15H2,1-2H3,(H,26,30)(H,27,31)(H,28,32)/t22-/m1/s1. The molecule has 0 aliphatic carbocycles. The van der Waals surface area contributed by atoms with E-state index in [9.17, 15) is 18.8 Å². The zero-order valence-electron chi connectivity index (χ0n) is 18.4. The van der Waals surface area contributed by atoms with E-state index in [4.69, 9.17) is 0 Å². The van der Waals surface area contributed by atoms with Gasteiger partial charge in [0, 0.05) is 38.2 Å². The molecule has 2 aromatic carbocycles. The van der Waals surface area contributed by atoms with Crippen molar-refractivity contribution in [2.24, 2.45) is 0 Å². The summed E-state index contributed by atoms with van der Waals surface area (Å²) in [5.41, 5.74) is 2.22. The second-order valence-corrected chi connectivity index (χ2v) is 8.11. The van der Waals surface area contributed by atoms with Gasteiger partial charge in [-0.2, -0.15) is 0 Å². The summed E-state index contributed by atoms with van der Waals surface area (Å²) in [6.45, 7) is 4.31. The molecule has 3 N–H and O–H groups in total. The van der Waals surface area contributed by atoms with Crippen molar-refractivity contribution in [3.8, 4) is 0 Å². The maximum Gasteiger partial charge on any atom is 0.321 e. The topological polar surface area (TPSA) is 90.5 Å². The molecule has 1 aliphatic heterocycles. The third-order valence-corrected chi connectivity index (χ3v) is 5.51. The normalized spacial score (nSPS) is 15.0. The third-order valence-electron chi connectivity index (χ3n) is 5.51. The highest BCUT2D eigenvalue weighted by Gasteiger charge is 2.27. The van der Waals surface area contributed by atoms with Crippen LogP contribution in [0, 0.1) is 12.7 Å². The number of halogens is 1. The van der Waals surface area contributed by atoms with Gasteiger partial charge in [0.15, 0.2) is 0 Å². The van der Waals surface area contributed by atoms with Gasteiger partial charge in [0.25, 0.3) is 0 Å². The van der Waals surface area contributed by atoms with Gasteiger partial charge in [0.1, 0.15) is 11.9 Å². The number of rotatable bonds is 6. The number of amides is 4. The average molecular weight is 441 g/mol. The van der Waals surface area contributed by atoms with Crippen LogP contribution in [0.15, 0.2) is 48.5 Å². The van der Waals surface area contributed by atoms with Crippen LogP contribution in [-0.2, 0) is 16.0 Å². The quantitative estimate of drug-likeness (QED) is 0.645. The summed E-state index contributed by atoms with van der Waals surface area (Å²) >= 11 is 0. The molecule has 7 nitrogen and oxygen atoms in total. The van der Waals surface area contributed by atoms with Crippen molar-refractivity contribution in [2.75, 3.05) is 18.4 Å². The Hall–Kier alpha value is -3.42. The molecule has 1 fully saturated rings. The van der Waals surface area contributed by atoms with Gasteiger partial charge in [0.2, 0.25) is 11.8 Å². The second-order valence-electron chi connectivity index (χ2n) is 8.11. The van der Waals surface area contributed by atoms with E-state index in [0.29, 0.717) is 31.5 Å². The van der Waals surface area contributed by atoms with E-state index in [-0.39, 0.29) is 30.3 Å². The Bertz CT molecular complexity index is 956. The molecule has 3 rings (SSSR count). The number of aryl methyl sites for hydroxylation is 1. The van der Waals surface area contributed by atoms with Crippen molar-refractivity contribution in [3.05, 3.63) is 65.5 Å². The van der Waals surface area contributed by atoms with E-state index in [1.807, 2.05) is 31.2 Å². The molecule has 0 spiro atoms. The molecule has 1 heterocycles. The summed E-state index contributed by atoms with van der Waals surface area (Å²) in [6.07, 6.45) is 1.26. The monoisotopic (exact) mass is 440 g/mol. The molecule has 1 aliphatic rings. The minimum absolute atomic E-state index is 0.0654. The number of likely N-dealkylation sites (tertiary alicyclic amines) is 1. The lowest BCUT2D eigenvalue weighted by atomic mass is 10.0. The first-order chi connectivity index (χ1) is 15.3. The van der Waals surface area contributed by atoms with Crippen molar-refractivity contribution in [1.82, 2.24) is 15.5 Å². The first-order valence-electron chi connectivity index (χ1n) is 10.8. The second kappa shape index (κ2) is 10.7. The van der Waals surface area contributed by atoms with Crippen molar-refractivity contribution < 1.29 is 18.8 Å². The highest BCUT2D eigenvalue weighted by molar-refractivity contribution is 5.89. The first-order valence-corrected chi connectivity index (χ1v) is 10.8. The maximum absolute atomic E-state index is 14.0. The van der Waals surface area contributed by atoms with Crippen LogP contribution in [0.25, 0.3) is 0 Å². The summed E-state index contributed by atoms with van der Waals surface area (Å²) in [5.74, 6) is -1.13. The van der Waals surface area contributed by atoms with Crippen LogP contribution in [0.5, 0.6) is 0 Å². The van der Waals surface area contributed by atoms with Crippen LogP contribution in [-0.4, -0.2) is 47.9 Å². The molecule has 1 saturated heterocycles. The Morgan fingerprint density at radius 2 is 1.72 bits per heavy atom. The van der Waals surface area contributed by atoms with Crippen molar-refractivity contribution in [2.45, 2.75) is 45.2 Å². The number of nitrogens with one attached hydrogen (secondary N) is 3. The van der Waals surface area contributed by atoms with Crippen LogP contribution in [0.4, 0.5) is 14.9 Å². The predicted octanol–water partition coefficient (Wildman–Crippen LogP) is 2.99. The Morgan fingerprint density at radius 1 is 1.06 bits per heavy atom. The molecule has 170 valence electrons. The van der Waals surface area contributed by atoms with Crippen LogP contribution in [0.1, 0.15) is 30.9 Å². The number of piperidine rings is 1. The molecule has 0 saturated carbocycles. The van der Waals surface area contributed by atoms with Crippen molar-refractivity contribution in [1.29, 1.82) is 0 Å². The minimum Gasteiger partial charge on any atom is -0.351 e. The van der Waals surface area contributed by atoms with E-state index >= 15 is 0 Å². The minimum atomic E-state index is -0.868. The van der Waals surface area contributed by atoms with Gasteiger partial charge in [-0.1, -0.05) is 35.9 Å². The third kappa shape index (κ3) is 6.54. The lowest BCUT2D eigenvalue weighted by molar-refractivity contribution is -0.128. The largest absolute Gasteiger partial charge is 0.351 e. The van der Waals surface area contributed by atoms with Gasteiger partial charge < -0.3 is 20.9 Å². The molecule has 2 aromatic rings. The fourth-order valence-electron chi connectivity index (χ4n) is 3.71. The Kier molecular flexibility index (Phi) is 7.81. The fraction of sp³-hybridized carbons (Fsp3) is 0.375. The first kappa shape index (κ1) is 23.2. The summed E-state index contributed by atoms with van der Waals surface area (Å²) in [6, 6.07) is 12.6. The number of nitrogens with zero attached hydrogens (tertiary/aromatic N) is 1. The Labute approximate surface area is 187 Å². The van der Waals surface area contributed by atoms with Gasteiger partial charge in [-0.05, 0) is 43.5 Å². The number of carbonyl (C=O) groups excluding carboxylic acids is 3. The zero-order valence-corrected chi connectivity index (χ0v) is 18.4. The van der Waals surface area contributed by atoms with Gasteiger partial charge in [0.05, 0.1) is 0 Å². The van der Waals surface area contributed by atoms with E-state index in [0.717, 1.165) is 11.3 Å². The van der Waals surface area contributed by atoms with Crippen LogP contribution >= 0.6 is 0 Å². The lowest BCUT2D eigenvalue weighted by Crippen LogP contribution is -2.53. The van der Waals surface area contributed by atoms with Crippen LogP contribution in [0.3, 0.4) is 0 Å². The molecule has 32 heavy (non-hydrogen) atoms. The van der Waals surface area contributed by atoms with Gasteiger partial charge in [-0.3, -0.25) is 9.59 Å². The zero-order chi connectivity index (χ0) is 23.1. The SMILES string of the molecule is CC(=O)N[C@H](Cc1ccccc1F)C(=O)NC1CCN(C(=O)Nc2ccc(C)cc2)CC1. The molecular weight excluding hydrogens is 411 g/mol. The van der Waals surface area contributed by atoms with Crippen LogP contribution in [0.2, 0.25) is 0 Å². The van der Waals surface area contributed by atoms with Crippen LogP contribution < -0.4 is 16.0 Å². The van der Waals surface area contributed by atoms with Crippen molar-refractivity contribution in [3.63, 3.8) is 0 Å².